The molecule has 0 saturated heterocycles. The molecule has 0 saturated carbocycles. The Morgan fingerprint density at radius 1 is 0.857 bits per heavy atom. The summed E-state index contributed by atoms with van der Waals surface area (Å²) in [7, 11) is 0. The van der Waals surface area contributed by atoms with Gasteiger partial charge in [-0.2, -0.15) is 0 Å². The number of hydrogen-bond acceptors (Lipinski definition) is 4. The molecule has 0 aliphatic heterocycles. The van der Waals surface area contributed by atoms with E-state index in [1.165, 1.54) is 16.9 Å². The van der Waals surface area contributed by atoms with Crippen LogP contribution in [-0.4, -0.2) is 15.9 Å². The van der Waals surface area contributed by atoms with Crippen LogP contribution in [0.5, 0.6) is 0 Å². The van der Waals surface area contributed by atoms with Gasteiger partial charge in [-0.25, -0.2) is 9.97 Å². The van der Waals surface area contributed by atoms with E-state index in [1.807, 2.05) is 49.4 Å². The predicted molar refractivity (Wildman–Crippen MR) is 146 cm³/mol. The minimum atomic E-state index is -0.187. The number of nitrogens with zero attached hydrogens (tertiary/aromatic N) is 2. The second-order valence-electron chi connectivity index (χ2n) is 9.10. The van der Waals surface area contributed by atoms with Gasteiger partial charge in [-0.1, -0.05) is 80.1 Å². The van der Waals surface area contributed by atoms with Gasteiger partial charge in [-0.05, 0) is 43.5 Å². The summed E-state index contributed by atoms with van der Waals surface area (Å²) in [5.74, 6) is 0.295. The van der Waals surface area contributed by atoms with Crippen LogP contribution < -0.4 is 5.32 Å². The standard InChI is InChI=1S/C30H27N3OS/c1-18(2)21-12-14-22(15-13-21)28-20(4)35-30(32-28)33-29(34)25-17-27(23-9-7-8-19(3)16-23)31-26-11-6-5-10-24(25)26/h5-18H,1-4H3,(H,32,33,34). The maximum atomic E-state index is 13.5. The number of benzene rings is 3. The van der Waals surface area contributed by atoms with Crippen molar-refractivity contribution in [3.8, 4) is 22.5 Å². The van der Waals surface area contributed by atoms with Crippen molar-refractivity contribution in [3.63, 3.8) is 0 Å². The summed E-state index contributed by atoms with van der Waals surface area (Å²) in [5.41, 5.74) is 7.54. The molecule has 0 fully saturated rings. The van der Waals surface area contributed by atoms with E-state index in [-0.39, 0.29) is 5.91 Å². The highest BCUT2D eigenvalue weighted by atomic mass is 32.1. The second-order valence-corrected chi connectivity index (χ2v) is 10.3. The van der Waals surface area contributed by atoms with Gasteiger partial charge in [0.05, 0.1) is 22.5 Å². The molecule has 0 bridgehead atoms. The quantitative estimate of drug-likeness (QED) is 0.279. The molecule has 3 aromatic carbocycles. The summed E-state index contributed by atoms with van der Waals surface area (Å²) in [6.07, 6.45) is 0. The number of rotatable bonds is 5. The molecule has 2 aromatic heterocycles. The first kappa shape index (κ1) is 22.9. The Morgan fingerprint density at radius 3 is 2.37 bits per heavy atom. The minimum absolute atomic E-state index is 0.187. The molecule has 0 aliphatic rings. The Balaban J connectivity index is 1.49. The number of aryl methyl sites for hydroxylation is 2. The van der Waals surface area contributed by atoms with Crippen LogP contribution in [0.15, 0.2) is 78.9 Å². The van der Waals surface area contributed by atoms with Crippen molar-refractivity contribution >= 4 is 33.3 Å². The smallest absolute Gasteiger partial charge is 0.258 e. The third-order valence-corrected chi connectivity index (χ3v) is 7.03. The Labute approximate surface area is 209 Å². The number of anilines is 1. The van der Waals surface area contributed by atoms with Crippen LogP contribution in [0.3, 0.4) is 0 Å². The number of fused-ring (bicyclic) bond motifs is 1. The monoisotopic (exact) mass is 477 g/mol. The van der Waals surface area contributed by atoms with E-state index in [4.69, 9.17) is 9.97 Å². The molecule has 0 unspecified atom stereocenters. The van der Waals surface area contributed by atoms with Crippen molar-refractivity contribution < 1.29 is 4.79 Å². The number of nitrogens with one attached hydrogen (secondary N) is 1. The van der Waals surface area contributed by atoms with Crippen molar-refractivity contribution in [2.24, 2.45) is 0 Å². The lowest BCUT2D eigenvalue weighted by molar-refractivity contribution is 0.102. The highest BCUT2D eigenvalue weighted by Gasteiger charge is 2.17. The number of pyridine rings is 1. The van der Waals surface area contributed by atoms with Gasteiger partial charge in [0.2, 0.25) is 0 Å². The maximum absolute atomic E-state index is 13.5. The molecule has 1 amide bonds. The highest BCUT2D eigenvalue weighted by Crippen LogP contribution is 2.32. The van der Waals surface area contributed by atoms with Gasteiger partial charge in [-0.15, -0.1) is 11.3 Å². The van der Waals surface area contributed by atoms with E-state index in [1.54, 1.807) is 0 Å². The first-order valence-corrected chi connectivity index (χ1v) is 12.6. The minimum Gasteiger partial charge on any atom is -0.298 e. The number of hydrogen-bond donors (Lipinski definition) is 1. The highest BCUT2D eigenvalue weighted by molar-refractivity contribution is 7.16. The number of carbonyl (C=O) groups excluding carboxylic acids is 1. The topological polar surface area (TPSA) is 54.9 Å². The molecule has 5 heteroatoms. The zero-order chi connectivity index (χ0) is 24.5. The molecule has 0 atom stereocenters. The first-order chi connectivity index (χ1) is 16.9. The van der Waals surface area contributed by atoms with Crippen LogP contribution in [0.4, 0.5) is 5.13 Å². The molecule has 0 spiro atoms. The van der Waals surface area contributed by atoms with E-state index in [0.29, 0.717) is 16.6 Å². The van der Waals surface area contributed by atoms with Gasteiger partial charge in [0.25, 0.3) is 5.91 Å². The molecule has 0 radical (unpaired) electrons. The van der Waals surface area contributed by atoms with E-state index in [0.717, 1.165) is 43.9 Å². The molecular formula is C30H27N3OS. The summed E-state index contributed by atoms with van der Waals surface area (Å²) in [6, 6.07) is 26.3. The Kier molecular flexibility index (Phi) is 6.18. The largest absolute Gasteiger partial charge is 0.298 e. The molecular weight excluding hydrogens is 450 g/mol. The SMILES string of the molecule is Cc1cccc(-c2cc(C(=O)Nc3nc(-c4ccc(C(C)C)cc4)c(C)s3)c3ccccc3n2)c1. The summed E-state index contributed by atoms with van der Waals surface area (Å²) >= 11 is 1.49. The van der Waals surface area contributed by atoms with E-state index < -0.39 is 0 Å². The van der Waals surface area contributed by atoms with E-state index in [9.17, 15) is 4.79 Å². The number of carbonyl (C=O) groups is 1. The van der Waals surface area contributed by atoms with Crippen LogP contribution in [-0.2, 0) is 0 Å². The van der Waals surface area contributed by atoms with Crippen LogP contribution in [0, 0.1) is 13.8 Å². The number of thiazole rings is 1. The summed E-state index contributed by atoms with van der Waals surface area (Å²) in [6.45, 7) is 8.46. The van der Waals surface area contributed by atoms with Gasteiger partial charge in [0, 0.05) is 21.4 Å². The van der Waals surface area contributed by atoms with Crippen molar-refractivity contribution in [1.29, 1.82) is 0 Å². The predicted octanol–water partition coefficient (Wildman–Crippen LogP) is 8.02. The average Bonchev–Trinajstić information content (AvgIpc) is 3.23. The fraction of sp³-hybridized carbons (Fsp3) is 0.167. The third kappa shape index (κ3) is 4.73. The van der Waals surface area contributed by atoms with Gasteiger partial charge in [-0.3, -0.25) is 10.1 Å². The van der Waals surface area contributed by atoms with Crippen molar-refractivity contribution in [1.82, 2.24) is 9.97 Å². The van der Waals surface area contributed by atoms with E-state index >= 15 is 0 Å². The van der Waals surface area contributed by atoms with Gasteiger partial charge in [0.1, 0.15) is 0 Å². The molecule has 0 aliphatic carbocycles. The Hall–Kier alpha value is -3.83. The zero-order valence-corrected chi connectivity index (χ0v) is 21.1. The Bertz CT molecular complexity index is 1530. The summed E-state index contributed by atoms with van der Waals surface area (Å²) in [4.78, 5) is 24.1. The van der Waals surface area contributed by atoms with Crippen LogP contribution >= 0.6 is 11.3 Å². The van der Waals surface area contributed by atoms with Gasteiger partial charge in [0.15, 0.2) is 5.13 Å². The van der Waals surface area contributed by atoms with Gasteiger partial charge >= 0.3 is 0 Å². The molecule has 2 heterocycles. The molecule has 174 valence electrons. The summed E-state index contributed by atoms with van der Waals surface area (Å²) < 4.78 is 0. The molecule has 5 aromatic rings. The Morgan fingerprint density at radius 2 is 1.63 bits per heavy atom. The molecule has 1 N–H and O–H groups in total. The van der Waals surface area contributed by atoms with Crippen LogP contribution in [0.25, 0.3) is 33.4 Å². The van der Waals surface area contributed by atoms with Crippen molar-refractivity contribution in [2.75, 3.05) is 5.32 Å². The first-order valence-electron chi connectivity index (χ1n) is 11.7. The van der Waals surface area contributed by atoms with E-state index in [2.05, 4.69) is 62.5 Å². The van der Waals surface area contributed by atoms with Crippen molar-refractivity contribution in [2.45, 2.75) is 33.6 Å². The van der Waals surface area contributed by atoms with Crippen LogP contribution in [0.2, 0.25) is 0 Å². The lowest BCUT2D eigenvalue weighted by Gasteiger charge is -2.10. The number of amides is 1. The maximum Gasteiger partial charge on any atom is 0.258 e. The van der Waals surface area contributed by atoms with Crippen molar-refractivity contribution in [3.05, 3.63) is 100 Å². The zero-order valence-electron chi connectivity index (χ0n) is 20.3. The molecule has 5 rings (SSSR count). The lowest BCUT2D eigenvalue weighted by atomic mass is 10.0. The third-order valence-electron chi connectivity index (χ3n) is 6.14. The fourth-order valence-corrected chi connectivity index (χ4v) is 5.05. The molecule has 4 nitrogen and oxygen atoms in total. The summed E-state index contributed by atoms with van der Waals surface area (Å²) in [5, 5.41) is 4.45. The number of aromatic nitrogens is 2. The van der Waals surface area contributed by atoms with Crippen LogP contribution in [0.1, 0.15) is 46.1 Å². The lowest BCUT2D eigenvalue weighted by Crippen LogP contribution is -2.13. The van der Waals surface area contributed by atoms with Gasteiger partial charge < -0.3 is 0 Å². The average molecular weight is 478 g/mol. The fourth-order valence-electron chi connectivity index (χ4n) is 4.22. The normalized spacial score (nSPS) is 11.2. The molecule has 35 heavy (non-hydrogen) atoms. The second kappa shape index (κ2) is 9.43. The number of para-hydroxylation sites is 1.